The highest BCUT2D eigenvalue weighted by Crippen LogP contribution is 2.38. The molecule has 0 saturated heterocycles. The fourth-order valence-electron chi connectivity index (χ4n) is 4.02. The summed E-state index contributed by atoms with van der Waals surface area (Å²) in [6.45, 7) is 6.44. The van der Waals surface area contributed by atoms with E-state index in [-0.39, 0.29) is 22.6 Å². The van der Waals surface area contributed by atoms with Crippen molar-refractivity contribution in [3.63, 3.8) is 0 Å². The fraction of sp³-hybridized carbons (Fsp3) is 0.320. The molecule has 1 aliphatic carbocycles. The Morgan fingerprint density at radius 2 is 1.76 bits per heavy atom. The largest absolute Gasteiger partial charge is 0.298 e. The minimum Gasteiger partial charge on any atom is -0.298 e. The van der Waals surface area contributed by atoms with Crippen molar-refractivity contribution in [3.8, 4) is 0 Å². The van der Waals surface area contributed by atoms with Gasteiger partial charge in [0, 0.05) is 25.1 Å². The number of fused-ring (bicyclic) bond motifs is 1. The maximum Gasteiger partial charge on any atom is 0.257 e. The van der Waals surface area contributed by atoms with Gasteiger partial charge in [0.05, 0.1) is 15.5 Å². The standard InChI is InChI=1S/C25H27N3O4S2/c1-4-28(16-17-8-6-5-7-9-17)34(31,32)19-12-10-18(11-13-19)23(30)27-24-26-20-14-25(2,3)15-21(29)22(20)33-24/h5-13H,4,14-16H2,1-3H3,(H,26,27,30). The number of carbonyl (C=O) groups excluding carboxylic acids is 2. The molecule has 7 nitrogen and oxygen atoms in total. The molecule has 0 saturated carbocycles. The number of amides is 1. The van der Waals surface area contributed by atoms with Gasteiger partial charge in [0.25, 0.3) is 5.91 Å². The van der Waals surface area contributed by atoms with Gasteiger partial charge in [0.1, 0.15) is 0 Å². The molecule has 34 heavy (non-hydrogen) atoms. The van der Waals surface area contributed by atoms with Crippen LogP contribution in [0.5, 0.6) is 0 Å². The van der Waals surface area contributed by atoms with Gasteiger partial charge in [-0.3, -0.25) is 14.9 Å². The summed E-state index contributed by atoms with van der Waals surface area (Å²) in [5.74, 6) is -0.354. The van der Waals surface area contributed by atoms with Gasteiger partial charge < -0.3 is 0 Å². The number of Topliss-reactive ketones (excluding diaryl/α,β-unsaturated/α-hetero) is 1. The van der Waals surface area contributed by atoms with Crippen LogP contribution in [-0.4, -0.2) is 35.9 Å². The van der Waals surface area contributed by atoms with Crippen molar-refractivity contribution in [3.05, 3.63) is 76.3 Å². The van der Waals surface area contributed by atoms with Crippen LogP contribution in [-0.2, 0) is 23.0 Å². The Hall–Kier alpha value is -2.88. The van der Waals surface area contributed by atoms with Gasteiger partial charge in [-0.05, 0) is 41.7 Å². The molecule has 0 unspecified atom stereocenters. The first-order chi connectivity index (χ1) is 16.1. The van der Waals surface area contributed by atoms with Crippen molar-refractivity contribution < 1.29 is 18.0 Å². The van der Waals surface area contributed by atoms with E-state index in [0.717, 1.165) is 11.3 Å². The van der Waals surface area contributed by atoms with Crippen LogP contribution in [0, 0.1) is 5.41 Å². The topological polar surface area (TPSA) is 96.4 Å². The number of nitrogens with one attached hydrogen (secondary N) is 1. The Kier molecular flexibility index (Phi) is 6.71. The molecular formula is C25H27N3O4S2. The first-order valence-corrected chi connectivity index (χ1v) is 13.3. The molecule has 1 aromatic heterocycles. The second-order valence-corrected chi connectivity index (χ2v) is 12.1. The molecule has 4 rings (SSSR count). The van der Waals surface area contributed by atoms with Crippen molar-refractivity contribution in [1.29, 1.82) is 0 Å². The highest BCUT2D eigenvalue weighted by Gasteiger charge is 2.34. The molecule has 1 heterocycles. The van der Waals surface area contributed by atoms with Crippen molar-refractivity contribution in [2.45, 2.75) is 45.1 Å². The Labute approximate surface area is 203 Å². The molecule has 1 amide bonds. The summed E-state index contributed by atoms with van der Waals surface area (Å²) in [6.07, 6.45) is 1.15. The Bertz CT molecular complexity index is 1310. The third kappa shape index (κ3) is 5.11. The van der Waals surface area contributed by atoms with Crippen LogP contribution in [0.15, 0.2) is 59.5 Å². The van der Waals surface area contributed by atoms with Crippen molar-refractivity contribution in [2.24, 2.45) is 5.41 Å². The predicted octanol–water partition coefficient (Wildman–Crippen LogP) is 4.76. The van der Waals surface area contributed by atoms with Crippen LogP contribution in [0.2, 0.25) is 0 Å². The summed E-state index contributed by atoms with van der Waals surface area (Å²) in [4.78, 5) is 30.3. The van der Waals surface area contributed by atoms with Crippen LogP contribution in [0.3, 0.4) is 0 Å². The van der Waals surface area contributed by atoms with Crippen molar-refractivity contribution >= 4 is 38.2 Å². The summed E-state index contributed by atoms with van der Waals surface area (Å²) in [6, 6.07) is 15.3. The molecule has 9 heteroatoms. The third-order valence-electron chi connectivity index (χ3n) is 5.76. The lowest BCUT2D eigenvalue weighted by molar-refractivity contribution is 0.0915. The molecule has 0 fully saturated rings. The lowest BCUT2D eigenvalue weighted by Gasteiger charge is -2.26. The predicted molar refractivity (Wildman–Crippen MR) is 133 cm³/mol. The zero-order chi connectivity index (χ0) is 24.5. The van der Waals surface area contributed by atoms with E-state index in [9.17, 15) is 18.0 Å². The Morgan fingerprint density at radius 3 is 2.41 bits per heavy atom. The number of sulfonamides is 1. The smallest absolute Gasteiger partial charge is 0.257 e. The van der Waals surface area contributed by atoms with Gasteiger partial charge >= 0.3 is 0 Å². The second-order valence-electron chi connectivity index (χ2n) is 9.13. The van der Waals surface area contributed by atoms with Gasteiger partial charge in [-0.25, -0.2) is 13.4 Å². The molecule has 0 bridgehead atoms. The first-order valence-electron chi connectivity index (χ1n) is 11.1. The molecule has 1 N–H and O–H groups in total. The van der Waals surface area contributed by atoms with Crippen LogP contribution in [0.1, 0.15) is 58.5 Å². The number of benzene rings is 2. The summed E-state index contributed by atoms with van der Waals surface area (Å²) >= 11 is 1.19. The highest BCUT2D eigenvalue weighted by molar-refractivity contribution is 7.89. The zero-order valence-corrected chi connectivity index (χ0v) is 21.0. The SMILES string of the molecule is CCN(Cc1ccccc1)S(=O)(=O)c1ccc(C(=O)Nc2nc3c(s2)C(=O)CC(C)(C)C3)cc1. The van der Waals surface area contributed by atoms with Gasteiger partial charge in [-0.15, -0.1) is 0 Å². The quantitative estimate of drug-likeness (QED) is 0.508. The van der Waals surface area contributed by atoms with Crippen molar-refractivity contribution in [2.75, 3.05) is 11.9 Å². The van der Waals surface area contributed by atoms with E-state index < -0.39 is 15.9 Å². The maximum absolute atomic E-state index is 13.1. The number of rotatable bonds is 7. The zero-order valence-electron chi connectivity index (χ0n) is 19.4. The van der Waals surface area contributed by atoms with Crippen LogP contribution < -0.4 is 5.32 Å². The molecule has 0 aliphatic heterocycles. The molecule has 3 aromatic rings. The summed E-state index contributed by atoms with van der Waals surface area (Å²) in [5, 5.41) is 3.12. The summed E-state index contributed by atoms with van der Waals surface area (Å²) in [5.41, 5.74) is 1.79. The molecule has 0 atom stereocenters. The molecule has 2 aromatic carbocycles. The van der Waals surface area contributed by atoms with E-state index >= 15 is 0 Å². The maximum atomic E-state index is 13.1. The minimum absolute atomic E-state index is 0.0507. The number of hydrogen-bond acceptors (Lipinski definition) is 6. The lowest BCUT2D eigenvalue weighted by atomic mass is 9.78. The number of aromatic nitrogens is 1. The molecule has 1 aliphatic rings. The first kappa shape index (κ1) is 24.3. The number of nitrogens with zero attached hydrogens (tertiary/aromatic N) is 2. The molecular weight excluding hydrogens is 470 g/mol. The highest BCUT2D eigenvalue weighted by atomic mass is 32.2. The average molecular weight is 498 g/mol. The third-order valence-corrected chi connectivity index (χ3v) is 8.75. The van der Waals surface area contributed by atoms with Gasteiger partial charge in [-0.1, -0.05) is 62.4 Å². The average Bonchev–Trinajstić information content (AvgIpc) is 3.19. The van der Waals surface area contributed by atoms with Crippen LogP contribution in [0.4, 0.5) is 5.13 Å². The Morgan fingerprint density at radius 1 is 1.09 bits per heavy atom. The minimum atomic E-state index is -3.72. The Balaban J connectivity index is 1.48. The van der Waals surface area contributed by atoms with E-state index in [0.29, 0.717) is 35.0 Å². The summed E-state index contributed by atoms with van der Waals surface area (Å²) in [7, 11) is -3.72. The normalized spacial score (nSPS) is 15.2. The number of ketones is 1. The number of anilines is 1. The monoisotopic (exact) mass is 497 g/mol. The van der Waals surface area contributed by atoms with E-state index in [1.54, 1.807) is 6.92 Å². The van der Waals surface area contributed by atoms with Crippen LogP contribution >= 0.6 is 11.3 Å². The van der Waals surface area contributed by atoms with Gasteiger partial charge in [0.2, 0.25) is 10.0 Å². The van der Waals surface area contributed by atoms with Gasteiger partial charge in [0.15, 0.2) is 10.9 Å². The molecule has 0 radical (unpaired) electrons. The lowest BCUT2D eigenvalue weighted by Crippen LogP contribution is -2.30. The van der Waals surface area contributed by atoms with Crippen LogP contribution in [0.25, 0.3) is 0 Å². The van der Waals surface area contributed by atoms with E-state index in [1.165, 1.54) is 39.9 Å². The van der Waals surface area contributed by atoms with E-state index in [1.807, 2.05) is 44.2 Å². The van der Waals surface area contributed by atoms with E-state index in [4.69, 9.17) is 0 Å². The fourth-order valence-corrected chi connectivity index (χ4v) is 6.38. The molecule has 0 spiro atoms. The molecule has 178 valence electrons. The second kappa shape index (κ2) is 9.40. The summed E-state index contributed by atoms with van der Waals surface area (Å²) < 4.78 is 27.6. The number of thiazole rings is 1. The van der Waals surface area contributed by atoms with Gasteiger partial charge in [-0.2, -0.15) is 4.31 Å². The number of carbonyl (C=O) groups is 2. The van der Waals surface area contributed by atoms with E-state index in [2.05, 4.69) is 10.3 Å². The number of hydrogen-bond donors (Lipinski definition) is 1. The van der Waals surface area contributed by atoms with Crippen molar-refractivity contribution in [1.82, 2.24) is 9.29 Å².